The van der Waals surface area contributed by atoms with Gasteiger partial charge in [0.2, 0.25) is 0 Å². The third-order valence-electron chi connectivity index (χ3n) is 2.94. The van der Waals surface area contributed by atoms with Crippen molar-refractivity contribution in [2.75, 3.05) is 7.05 Å². The van der Waals surface area contributed by atoms with Gasteiger partial charge >= 0.3 is 0 Å². The zero-order chi connectivity index (χ0) is 13.7. The highest BCUT2D eigenvalue weighted by Gasteiger charge is 2.00. The van der Waals surface area contributed by atoms with E-state index in [-0.39, 0.29) is 0 Å². The van der Waals surface area contributed by atoms with Crippen LogP contribution in [-0.2, 0) is 13.2 Å². The van der Waals surface area contributed by atoms with Gasteiger partial charge in [-0.2, -0.15) is 0 Å². The minimum Gasteiger partial charge on any atom is -0.489 e. The maximum atomic E-state index is 5.98. The number of benzene rings is 2. The van der Waals surface area contributed by atoms with Crippen LogP contribution in [0.3, 0.4) is 0 Å². The first-order chi connectivity index (χ1) is 9.19. The third-order valence-corrected chi connectivity index (χ3v) is 3.36. The van der Waals surface area contributed by atoms with Crippen LogP contribution in [0.5, 0.6) is 5.75 Å². The predicted octanol–water partition coefficient (Wildman–Crippen LogP) is 3.95. The van der Waals surface area contributed by atoms with Crippen LogP contribution in [0.15, 0.2) is 42.5 Å². The molecule has 0 aliphatic heterocycles. The second-order valence-electron chi connectivity index (χ2n) is 4.55. The van der Waals surface area contributed by atoms with E-state index in [9.17, 15) is 0 Å². The molecule has 0 fully saturated rings. The Balaban J connectivity index is 1.96. The van der Waals surface area contributed by atoms with E-state index in [1.54, 1.807) is 0 Å². The first-order valence-electron chi connectivity index (χ1n) is 6.30. The summed E-state index contributed by atoms with van der Waals surface area (Å²) in [6.07, 6.45) is 0. The van der Waals surface area contributed by atoms with E-state index in [2.05, 4.69) is 29.6 Å². The SMILES string of the molecule is CNCc1ccc(COc2ccc(Cl)c(C)c2)cc1. The summed E-state index contributed by atoms with van der Waals surface area (Å²) in [6, 6.07) is 14.1. The average Bonchev–Trinajstić information content (AvgIpc) is 2.42. The number of nitrogens with one attached hydrogen (secondary N) is 1. The molecule has 0 aliphatic carbocycles. The van der Waals surface area contributed by atoms with Crippen LogP contribution >= 0.6 is 11.6 Å². The molecule has 0 atom stereocenters. The lowest BCUT2D eigenvalue weighted by Gasteiger charge is -2.08. The van der Waals surface area contributed by atoms with Crippen molar-refractivity contribution in [1.29, 1.82) is 0 Å². The third kappa shape index (κ3) is 3.98. The minimum absolute atomic E-state index is 0.570. The Bertz CT molecular complexity index is 537. The normalized spacial score (nSPS) is 10.5. The van der Waals surface area contributed by atoms with Crippen molar-refractivity contribution in [2.24, 2.45) is 0 Å². The summed E-state index contributed by atoms with van der Waals surface area (Å²) in [5.74, 6) is 0.848. The summed E-state index contributed by atoms with van der Waals surface area (Å²) in [4.78, 5) is 0. The van der Waals surface area contributed by atoms with Crippen molar-refractivity contribution < 1.29 is 4.74 Å². The minimum atomic E-state index is 0.570. The van der Waals surface area contributed by atoms with E-state index in [4.69, 9.17) is 16.3 Å². The number of hydrogen-bond donors (Lipinski definition) is 1. The van der Waals surface area contributed by atoms with Crippen molar-refractivity contribution in [3.63, 3.8) is 0 Å². The van der Waals surface area contributed by atoms with Gasteiger partial charge in [0.05, 0.1) is 0 Å². The molecule has 2 aromatic carbocycles. The molecule has 2 nitrogen and oxygen atoms in total. The Kier molecular flexibility index (Phi) is 4.83. The second kappa shape index (κ2) is 6.60. The van der Waals surface area contributed by atoms with E-state index in [1.165, 1.54) is 5.56 Å². The molecule has 0 unspecified atom stereocenters. The molecule has 2 rings (SSSR count). The molecule has 0 aliphatic rings. The zero-order valence-electron chi connectivity index (χ0n) is 11.2. The van der Waals surface area contributed by atoms with Gasteiger partial charge < -0.3 is 10.1 Å². The summed E-state index contributed by atoms with van der Waals surface area (Å²) in [5, 5.41) is 3.90. The summed E-state index contributed by atoms with van der Waals surface area (Å²) in [6.45, 7) is 3.43. The van der Waals surface area contributed by atoms with Crippen molar-refractivity contribution in [2.45, 2.75) is 20.1 Å². The molecule has 3 heteroatoms. The van der Waals surface area contributed by atoms with E-state index in [0.717, 1.165) is 28.4 Å². The molecule has 100 valence electrons. The Hall–Kier alpha value is -1.51. The van der Waals surface area contributed by atoms with E-state index < -0.39 is 0 Å². The maximum absolute atomic E-state index is 5.98. The van der Waals surface area contributed by atoms with Gasteiger partial charge in [-0.3, -0.25) is 0 Å². The maximum Gasteiger partial charge on any atom is 0.120 e. The highest BCUT2D eigenvalue weighted by Crippen LogP contribution is 2.21. The van der Waals surface area contributed by atoms with Gasteiger partial charge in [-0.05, 0) is 48.9 Å². The molecule has 0 amide bonds. The topological polar surface area (TPSA) is 21.3 Å². The standard InChI is InChI=1S/C16H18ClNO/c1-12-9-15(7-8-16(12)17)19-11-14-5-3-13(4-6-14)10-18-2/h3-9,18H,10-11H2,1-2H3. The molecule has 19 heavy (non-hydrogen) atoms. The van der Waals surface area contributed by atoms with Gasteiger partial charge in [-0.1, -0.05) is 35.9 Å². The highest BCUT2D eigenvalue weighted by molar-refractivity contribution is 6.31. The summed E-state index contributed by atoms with van der Waals surface area (Å²) in [7, 11) is 1.94. The Morgan fingerprint density at radius 2 is 1.74 bits per heavy atom. The molecule has 1 N–H and O–H groups in total. The molecule has 0 bridgehead atoms. The van der Waals surface area contributed by atoms with Crippen LogP contribution < -0.4 is 10.1 Å². The first kappa shape index (κ1) is 13.9. The largest absolute Gasteiger partial charge is 0.489 e. The lowest BCUT2D eigenvalue weighted by Crippen LogP contribution is -2.05. The molecule has 0 aromatic heterocycles. The van der Waals surface area contributed by atoms with E-state index >= 15 is 0 Å². The van der Waals surface area contributed by atoms with Crippen molar-refractivity contribution >= 4 is 11.6 Å². The van der Waals surface area contributed by atoms with Crippen LogP contribution in [0.25, 0.3) is 0 Å². The van der Waals surface area contributed by atoms with E-state index in [1.807, 2.05) is 32.2 Å². The molecule has 0 heterocycles. The lowest BCUT2D eigenvalue weighted by molar-refractivity contribution is 0.306. The average molecular weight is 276 g/mol. The van der Waals surface area contributed by atoms with Crippen LogP contribution in [0.2, 0.25) is 5.02 Å². The number of ether oxygens (including phenoxy) is 1. The number of aryl methyl sites for hydroxylation is 1. The summed E-state index contributed by atoms with van der Waals surface area (Å²) in [5.41, 5.74) is 3.46. The van der Waals surface area contributed by atoms with Crippen LogP contribution in [0.4, 0.5) is 0 Å². The van der Waals surface area contributed by atoms with Crippen molar-refractivity contribution in [3.8, 4) is 5.75 Å². The van der Waals surface area contributed by atoms with Crippen molar-refractivity contribution in [1.82, 2.24) is 5.32 Å². The molecule has 0 saturated carbocycles. The fourth-order valence-corrected chi connectivity index (χ4v) is 1.95. The monoisotopic (exact) mass is 275 g/mol. The molecular formula is C16H18ClNO. The predicted molar refractivity (Wildman–Crippen MR) is 79.7 cm³/mol. The van der Waals surface area contributed by atoms with Gasteiger partial charge in [0.1, 0.15) is 12.4 Å². The summed E-state index contributed by atoms with van der Waals surface area (Å²) < 4.78 is 5.75. The number of hydrogen-bond acceptors (Lipinski definition) is 2. The van der Waals surface area contributed by atoms with Gasteiger partial charge in [-0.25, -0.2) is 0 Å². The Morgan fingerprint density at radius 1 is 1.05 bits per heavy atom. The van der Waals surface area contributed by atoms with Crippen molar-refractivity contribution in [3.05, 3.63) is 64.2 Å². The lowest BCUT2D eigenvalue weighted by atomic mass is 10.1. The molecule has 0 spiro atoms. The summed E-state index contributed by atoms with van der Waals surface area (Å²) >= 11 is 5.98. The Labute approximate surface area is 119 Å². The second-order valence-corrected chi connectivity index (χ2v) is 4.95. The first-order valence-corrected chi connectivity index (χ1v) is 6.68. The fourth-order valence-electron chi connectivity index (χ4n) is 1.83. The van der Waals surface area contributed by atoms with Gasteiger partial charge in [0.25, 0.3) is 0 Å². The van der Waals surface area contributed by atoms with Crippen LogP contribution in [0, 0.1) is 6.92 Å². The number of halogens is 1. The molecular weight excluding hydrogens is 258 g/mol. The van der Waals surface area contributed by atoms with Crippen LogP contribution in [0.1, 0.15) is 16.7 Å². The van der Waals surface area contributed by atoms with Gasteiger partial charge in [0, 0.05) is 11.6 Å². The Morgan fingerprint density at radius 3 is 2.37 bits per heavy atom. The molecule has 2 aromatic rings. The van der Waals surface area contributed by atoms with Gasteiger partial charge in [0.15, 0.2) is 0 Å². The smallest absolute Gasteiger partial charge is 0.120 e. The molecule has 0 radical (unpaired) electrons. The zero-order valence-corrected chi connectivity index (χ0v) is 12.0. The molecule has 0 saturated heterocycles. The van der Waals surface area contributed by atoms with Gasteiger partial charge in [-0.15, -0.1) is 0 Å². The highest BCUT2D eigenvalue weighted by atomic mass is 35.5. The van der Waals surface area contributed by atoms with E-state index in [0.29, 0.717) is 6.61 Å². The quantitative estimate of drug-likeness (QED) is 0.892. The van der Waals surface area contributed by atoms with Crippen LogP contribution in [-0.4, -0.2) is 7.05 Å². The number of rotatable bonds is 5. The fraction of sp³-hybridized carbons (Fsp3) is 0.250.